The number of carboxylic acid groups (broad SMARTS) is 1. The third kappa shape index (κ3) is 4.41. The number of alkyl halides is 3. The van der Waals surface area contributed by atoms with Crippen molar-refractivity contribution in [1.82, 2.24) is 9.88 Å². The average Bonchev–Trinajstić information content (AvgIpc) is 2.35. The molecule has 1 amide bonds. The fourth-order valence-corrected chi connectivity index (χ4v) is 1.47. The van der Waals surface area contributed by atoms with Gasteiger partial charge in [0, 0.05) is 6.20 Å². The van der Waals surface area contributed by atoms with Crippen molar-refractivity contribution in [3.63, 3.8) is 0 Å². The van der Waals surface area contributed by atoms with Crippen LogP contribution >= 0.6 is 0 Å². The molecule has 0 saturated carbocycles. The number of pyridine rings is 1. The van der Waals surface area contributed by atoms with Crippen LogP contribution in [0.15, 0.2) is 18.3 Å². The fraction of sp³-hybridized carbons (Fsp3) is 0.364. The molecule has 1 heterocycles. The number of methoxy groups -OCH3 is 1. The molecule has 0 aliphatic heterocycles. The number of carbonyl (C=O) groups excluding carboxylic acids is 1. The number of aliphatic carboxylic acids is 1. The van der Waals surface area contributed by atoms with Crippen molar-refractivity contribution in [3.05, 3.63) is 23.9 Å². The van der Waals surface area contributed by atoms with Crippen LogP contribution in [0.25, 0.3) is 0 Å². The third-order valence-electron chi connectivity index (χ3n) is 2.18. The van der Waals surface area contributed by atoms with E-state index >= 15 is 0 Å². The maximum atomic E-state index is 12.4. The van der Waals surface area contributed by atoms with Crippen LogP contribution in [0.1, 0.15) is 10.4 Å². The van der Waals surface area contributed by atoms with Crippen molar-refractivity contribution < 1.29 is 32.6 Å². The lowest BCUT2D eigenvalue weighted by Crippen LogP contribution is -2.42. The summed E-state index contributed by atoms with van der Waals surface area (Å²) in [6.45, 7) is -2.74. The summed E-state index contributed by atoms with van der Waals surface area (Å²) >= 11 is 0. The van der Waals surface area contributed by atoms with Gasteiger partial charge in [-0.25, -0.2) is 4.98 Å². The topological polar surface area (TPSA) is 79.7 Å². The zero-order valence-electron chi connectivity index (χ0n) is 10.3. The van der Waals surface area contributed by atoms with Gasteiger partial charge in [-0.1, -0.05) is 0 Å². The van der Waals surface area contributed by atoms with Crippen molar-refractivity contribution in [3.8, 4) is 5.88 Å². The molecule has 0 bridgehead atoms. The van der Waals surface area contributed by atoms with Gasteiger partial charge in [-0.2, -0.15) is 13.2 Å². The van der Waals surface area contributed by atoms with E-state index in [4.69, 9.17) is 9.84 Å². The van der Waals surface area contributed by atoms with Gasteiger partial charge in [0.15, 0.2) is 0 Å². The molecule has 9 heteroatoms. The van der Waals surface area contributed by atoms with E-state index in [1.807, 2.05) is 0 Å². The number of rotatable bonds is 5. The molecule has 1 aromatic heterocycles. The molecule has 0 fully saturated rings. The van der Waals surface area contributed by atoms with Gasteiger partial charge >= 0.3 is 12.1 Å². The van der Waals surface area contributed by atoms with Crippen LogP contribution in [-0.2, 0) is 4.79 Å². The summed E-state index contributed by atoms with van der Waals surface area (Å²) < 4.78 is 41.9. The Bertz CT molecular complexity index is 505. The van der Waals surface area contributed by atoms with Crippen LogP contribution in [0.2, 0.25) is 0 Å². The Kier molecular flexibility index (Phi) is 4.89. The molecule has 0 saturated heterocycles. The smallest absolute Gasteiger partial charge is 0.406 e. The standard InChI is InChI=1S/C11H11F3N2O4/c1-20-9-7(3-2-4-15-9)10(19)16(5-8(17)18)6-11(12,13)14/h2-4H,5-6H2,1H3,(H,17,18). The number of carboxylic acids is 1. The number of hydrogen-bond donors (Lipinski definition) is 1. The highest BCUT2D eigenvalue weighted by molar-refractivity contribution is 5.97. The third-order valence-corrected chi connectivity index (χ3v) is 2.18. The molecule has 0 aliphatic carbocycles. The predicted molar refractivity (Wildman–Crippen MR) is 60.4 cm³/mol. The molecular weight excluding hydrogens is 281 g/mol. The lowest BCUT2D eigenvalue weighted by atomic mass is 10.2. The van der Waals surface area contributed by atoms with E-state index in [0.717, 1.165) is 0 Å². The Morgan fingerprint density at radius 3 is 2.60 bits per heavy atom. The highest BCUT2D eigenvalue weighted by Crippen LogP contribution is 2.21. The van der Waals surface area contributed by atoms with Gasteiger partial charge in [0.2, 0.25) is 5.88 Å². The van der Waals surface area contributed by atoms with Gasteiger partial charge in [0.25, 0.3) is 5.91 Å². The fourth-order valence-electron chi connectivity index (χ4n) is 1.47. The van der Waals surface area contributed by atoms with E-state index in [2.05, 4.69) is 4.98 Å². The molecule has 20 heavy (non-hydrogen) atoms. The molecule has 0 spiro atoms. The van der Waals surface area contributed by atoms with Crippen molar-refractivity contribution in [2.75, 3.05) is 20.2 Å². The van der Waals surface area contributed by atoms with Gasteiger partial charge in [-0.15, -0.1) is 0 Å². The monoisotopic (exact) mass is 292 g/mol. The summed E-state index contributed by atoms with van der Waals surface area (Å²) in [7, 11) is 1.20. The van der Waals surface area contributed by atoms with Gasteiger partial charge in [0.05, 0.1) is 7.11 Å². The molecule has 0 unspecified atom stereocenters. The second-order valence-electron chi connectivity index (χ2n) is 3.73. The van der Waals surface area contributed by atoms with Gasteiger partial charge < -0.3 is 14.7 Å². The lowest BCUT2D eigenvalue weighted by molar-refractivity contribution is -0.149. The van der Waals surface area contributed by atoms with Crippen molar-refractivity contribution in [2.45, 2.75) is 6.18 Å². The molecule has 0 aromatic carbocycles. The van der Waals surface area contributed by atoms with E-state index < -0.39 is 31.1 Å². The first-order chi connectivity index (χ1) is 9.24. The van der Waals surface area contributed by atoms with Gasteiger partial charge in [0.1, 0.15) is 18.7 Å². The van der Waals surface area contributed by atoms with Crippen LogP contribution < -0.4 is 4.74 Å². The maximum absolute atomic E-state index is 12.4. The predicted octanol–water partition coefficient (Wildman–Crippen LogP) is 1.18. The minimum Gasteiger partial charge on any atom is -0.480 e. The van der Waals surface area contributed by atoms with Crippen molar-refractivity contribution in [1.29, 1.82) is 0 Å². The van der Waals surface area contributed by atoms with Crippen LogP contribution in [0.4, 0.5) is 13.2 Å². The van der Waals surface area contributed by atoms with E-state index in [-0.39, 0.29) is 16.3 Å². The summed E-state index contributed by atoms with van der Waals surface area (Å²) in [5.74, 6) is -2.84. The van der Waals surface area contributed by atoms with E-state index in [1.54, 1.807) is 0 Å². The molecule has 1 N–H and O–H groups in total. The summed E-state index contributed by atoms with van der Waals surface area (Å²) in [5, 5.41) is 8.59. The van der Waals surface area contributed by atoms with Crippen LogP contribution in [0.3, 0.4) is 0 Å². The Balaban J connectivity index is 3.06. The molecule has 0 aliphatic rings. The van der Waals surface area contributed by atoms with E-state index in [9.17, 15) is 22.8 Å². The Morgan fingerprint density at radius 1 is 1.45 bits per heavy atom. The Morgan fingerprint density at radius 2 is 2.10 bits per heavy atom. The molecular formula is C11H11F3N2O4. The lowest BCUT2D eigenvalue weighted by Gasteiger charge is -2.22. The zero-order chi connectivity index (χ0) is 15.3. The number of aromatic nitrogens is 1. The van der Waals surface area contributed by atoms with Crippen molar-refractivity contribution >= 4 is 11.9 Å². The highest BCUT2D eigenvalue weighted by atomic mass is 19.4. The second-order valence-corrected chi connectivity index (χ2v) is 3.73. The molecule has 0 atom stereocenters. The summed E-state index contributed by atoms with van der Waals surface area (Å²) in [4.78, 5) is 26.4. The van der Waals surface area contributed by atoms with Crippen LogP contribution in [-0.4, -0.2) is 53.2 Å². The number of amides is 1. The first-order valence-corrected chi connectivity index (χ1v) is 5.31. The van der Waals surface area contributed by atoms with E-state index in [1.165, 1.54) is 25.4 Å². The van der Waals surface area contributed by atoms with E-state index in [0.29, 0.717) is 0 Å². The summed E-state index contributed by atoms with van der Waals surface area (Å²) in [6, 6.07) is 2.54. The number of halogens is 3. The number of hydrogen-bond acceptors (Lipinski definition) is 4. The number of ether oxygens (including phenoxy) is 1. The minimum atomic E-state index is -4.71. The van der Waals surface area contributed by atoms with Crippen LogP contribution in [0.5, 0.6) is 5.88 Å². The molecule has 1 aromatic rings. The Hall–Kier alpha value is -2.32. The number of carbonyl (C=O) groups is 2. The van der Waals surface area contributed by atoms with Crippen molar-refractivity contribution in [2.24, 2.45) is 0 Å². The normalized spacial score (nSPS) is 11.0. The molecule has 1 rings (SSSR count). The quantitative estimate of drug-likeness (QED) is 0.881. The first-order valence-electron chi connectivity index (χ1n) is 5.31. The Labute approximate surface area is 111 Å². The van der Waals surface area contributed by atoms with Gasteiger partial charge in [-0.3, -0.25) is 9.59 Å². The largest absolute Gasteiger partial charge is 0.480 e. The highest BCUT2D eigenvalue weighted by Gasteiger charge is 2.35. The van der Waals surface area contributed by atoms with Crippen LogP contribution in [0, 0.1) is 0 Å². The second kappa shape index (κ2) is 6.22. The molecule has 0 radical (unpaired) electrons. The molecule has 6 nitrogen and oxygen atoms in total. The average molecular weight is 292 g/mol. The summed E-state index contributed by atoms with van der Waals surface area (Å²) in [5.41, 5.74) is -0.236. The molecule has 110 valence electrons. The number of nitrogens with zero attached hydrogens (tertiary/aromatic N) is 2. The maximum Gasteiger partial charge on any atom is 0.406 e. The van der Waals surface area contributed by atoms with Gasteiger partial charge in [-0.05, 0) is 12.1 Å². The SMILES string of the molecule is COc1ncccc1C(=O)N(CC(=O)O)CC(F)(F)F. The summed E-state index contributed by atoms with van der Waals surface area (Å²) in [6.07, 6.45) is -3.42. The first kappa shape index (κ1) is 15.7. The minimum absolute atomic E-state index is 0.169. The zero-order valence-corrected chi connectivity index (χ0v) is 10.3.